The minimum absolute atomic E-state index is 0.127. The van der Waals surface area contributed by atoms with E-state index in [4.69, 9.17) is 15.1 Å². The van der Waals surface area contributed by atoms with Gasteiger partial charge in [0, 0.05) is 18.8 Å². The van der Waals surface area contributed by atoms with Crippen molar-refractivity contribution in [3.63, 3.8) is 0 Å². The number of rotatable bonds is 5. The molecule has 0 aromatic carbocycles. The fraction of sp³-hybridized carbons (Fsp3) is 0.583. The van der Waals surface area contributed by atoms with Gasteiger partial charge in [0.05, 0.1) is 12.2 Å². The minimum atomic E-state index is -0.979. The second-order valence-corrected chi connectivity index (χ2v) is 4.39. The Balaban J connectivity index is 1.90. The Hall–Kier alpha value is -1.37. The topological polar surface area (TPSA) is 82.0 Å². The number of hydrogen-bond acceptors (Lipinski definition) is 5. The van der Waals surface area contributed by atoms with Gasteiger partial charge in [-0.15, -0.1) is 0 Å². The summed E-state index contributed by atoms with van der Waals surface area (Å²) in [6.45, 7) is 1.33. The summed E-state index contributed by atoms with van der Waals surface area (Å²) in [6, 6.07) is 0. The van der Waals surface area contributed by atoms with Gasteiger partial charge >= 0.3 is 0 Å². The minimum Gasteiger partial charge on any atom is -0.394 e. The molecule has 1 fully saturated rings. The first kappa shape index (κ1) is 13.1. The van der Waals surface area contributed by atoms with Gasteiger partial charge < -0.3 is 15.1 Å². The third-order valence-electron chi connectivity index (χ3n) is 3.04. The van der Waals surface area contributed by atoms with E-state index in [1.807, 2.05) is 6.08 Å². The molecule has 0 saturated carbocycles. The molecule has 0 aromatic rings. The number of carbonyl (C=O) groups excluding carboxylic acids is 1. The Morgan fingerprint density at radius 2 is 2.44 bits per heavy atom. The molecule has 0 spiro atoms. The zero-order valence-electron chi connectivity index (χ0n) is 10.1. The van der Waals surface area contributed by atoms with Crippen LogP contribution in [0.3, 0.4) is 0 Å². The number of nitrogens with one attached hydrogen (secondary N) is 1. The van der Waals surface area contributed by atoms with Crippen LogP contribution in [0.4, 0.5) is 0 Å². The summed E-state index contributed by atoms with van der Waals surface area (Å²) in [5.74, 6) is -0.307. The lowest BCUT2D eigenvalue weighted by atomic mass is 10.1. The maximum absolute atomic E-state index is 11.9. The second-order valence-electron chi connectivity index (χ2n) is 4.39. The first-order valence-electron chi connectivity index (χ1n) is 6.08. The number of amides is 1. The lowest BCUT2D eigenvalue weighted by Crippen LogP contribution is -2.33. The van der Waals surface area contributed by atoms with Gasteiger partial charge in [0.2, 0.25) is 0 Å². The van der Waals surface area contributed by atoms with E-state index in [-0.39, 0.29) is 12.5 Å². The molecule has 2 aliphatic rings. The van der Waals surface area contributed by atoms with Crippen molar-refractivity contribution in [1.82, 2.24) is 10.4 Å². The molecule has 0 aromatic heterocycles. The van der Waals surface area contributed by atoms with Crippen molar-refractivity contribution in [2.45, 2.75) is 18.9 Å². The third kappa shape index (κ3) is 2.90. The lowest BCUT2D eigenvalue weighted by molar-refractivity contribution is -0.132. The molecule has 1 atom stereocenters. The number of carbonyl (C=O) groups is 1. The highest BCUT2D eigenvalue weighted by molar-refractivity contribution is 5.96. The number of hydroxylamine groups is 1. The average molecular weight is 254 g/mol. The zero-order chi connectivity index (χ0) is 13.0. The molecule has 100 valence electrons. The van der Waals surface area contributed by atoms with Crippen LogP contribution < -0.4 is 5.48 Å². The molecular weight excluding hydrogens is 236 g/mol. The van der Waals surface area contributed by atoms with E-state index in [0.29, 0.717) is 5.57 Å². The third-order valence-corrected chi connectivity index (χ3v) is 3.04. The van der Waals surface area contributed by atoms with Gasteiger partial charge in [0.1, 0.15) is 12.7 Å². The Bertz CT molecular complexity index is 378. The fourth-order valence-electron chi connectivity index (χ4n) is 2.15. The highest BCUT2D eigenvalue weighted by Gasteiger charge is 2.25. The van der Waals surface area contributed by atoms with E-state index in [1.165, 1.54) is 0 Å². The normalized spacial score (nSPS) is 20.0. The quantitative estimate of drug-likeness (QED) is 0.566. The van der Waals surface area contributed by atoms with E-state index >= 15 is 0 Å². The molecule has 0 aliphatic carbocycles. The molecule has 1 unspecified atom stereocenters. The first-order chi connectivity index (χ1) is 8.72. The fourth-order valence-corrected chi connectivity index (χ4v) is 2.15. The van der Waals surface area contributed by atoms with Crippen LogP contribution in [0.2, 0.25) is 0 Å². The van der Waals surface area contributed by atoms with E-state index < -0.39 is 12.7 Å². The monoisotopic (exact) mass is 254 g/mol. The standard InChI is InChI=1S/C12H18N2O4/c15-7-9(16)8-18-13-12(17)10-3-1-5-14-6-2-4-11(10)14/h1,3,9,15-16H,2,4-8H2,(H,13,17). The molecule has 0 bridgehead atoms. The highest BCUT2D eigenvalue weighted by Crippen LogP contribution is 2.27. The summed E-state index contributed by atoms with van der Waals surface area (Å²) in [5, 5.41) is 17.7. The van der Waals surface area contributed by atoms with Crippen LogP contribution in [0.1, 0.15) is 12.8 Å². The summed E-state index contributed by atoms with van der Waals surface area (Å²) in [7, 11) is 0. The molecule has 6 nitrogen and oxygen atoms in total. The zero-order valence-corrected chi connectivity index (χ0v) is 10.1. The number of nitrogens with zero attached hydrogens (tertiary/aromatic N) is 1. The Morgan fingerprint density at radius 1 is 1.61 bits per heavy atom. The number of fused-ring (bicyclic) bond motifs is 1. The molecule has 1 amide bonds. The van der Waals surface area contributed by atoms with Crippen LogP contribution in [0.25, 0.3) is 0 Å². The lowest BCUT2D eigenvalue weighted by Gasteiger charge is -2.23. The summed E-state index contributed by atoms with van der Waals surface area (Å²) < 4.78 is 0. The van der Waals surface area contributed by atoms with Crippen LogP contribution in [0, 0.1) is 0 Å². The van der Waals surface area contributed by atoms with Gasteiger partial charge in [-0.05, 0) is 18.9 Å². The van der Waals surface area contributed by atoms with Crippen LogP contribution >= 0.6 is 0 Å². The first-order valence-corrected chi connectivity index (χ1v) is 6.08. The van der Waals surface area contributed by atoms with E-state index in [2.05, 4.69) is 10.4 Å². The van der Waals surface area contributed by atoms with E-state index in [1.54, 1.807) is 6.08 Å². The van der Waals surface area contributed by atoms with Crippen LogP contribution in [-0.4, -0.2) is 53.4 Å². The van der Waals surface area contributed by atoms with Crippen molar-refractivity contribution in [3.05, 3.63) is 23.4 Å². The Labute approximate surface area is 105 Å². The summed E-state index contributed by atoms with van der Waals surface area (Å²) in [4.78, 5) is 18.9. The molecule has 18 heavy (non-hydrogen) atoms. The van der Waals surface area contributed by atoms with Gasteiger partial charge in [0.15, 0.2) is 0 Å². The number of aliphatic hydroxyl groups is 2. The smallest absolute Gasteiger partial charge is 0.276 e. The van der Waals surface area contributed by atoms with E-state index in [0.717, 1.165) is 31.6 Å². The largest absolute Gasteiger partial charge is 0.394 e. The van der Waals surface area contributed by atoms with Crippen molar-refractivity contribution in [2.24, 2.45) is 0 Å². The predicted molar refractivity (Wildman–Crippen MR) is 64.2 cm³/mol. The molecule has 2 heterocycles. The number of hydrogen-bond donors (Lipinski definition) is 3. The molecule has 2 aliphatic heterocycles. The number of allylic oxidation sites excluding steroid dienone is 1. The summed E-state index contributed by atoms with van der Waals surface area (Å²) in [5.41, 5.74) is 3.96. The average Bonchev–Trinajstić information content (AvgIpc) is 2.86. The second kappa shape index (κ2) is 5.99. The highest BCUT2D eigenvalue weighted by atomic mass is 16.7. The Morgan fingerprint density at radius 3 is 3.22 bits per heavy atom. The van der Waals surface area contributed by atoms with Crippen LogP contribution in [-0.2, 0) is 9.63 Å². The van der Waals surface area contributed by atoms with Gasteiger partial charge in [-0.25, -0.2) is 5.48 Å². The summed E-state index contributed by atoms with van der Waals surface area (Å²) >= 11 is 0. The Kier molecular flexibility index (Phi) is 4.35. The molecule has 2 rings (SSSR count). The molecule has 6 heteroatoms. The van der Waals surface area contributed by atoms with E-state index in [9.17, 15) is 4.79 Å². The predicted octanol–water partition coefficient (Wildman–Crippen LogP) is -0.693. The van der Waals surface area contributed by atoms with Crippen LogP contribution in [0.5, 0.6) is 0 Å². The summed E-state index contributed by atoms with van der Waals surface area (Å²) in [6.07, 6.45) is 4.75. The van der Waals surface area contributed by atoms with Crippen molar-refractivity contribution < 1.29 is 19.8 Å². The molecule has 1 saturated heterocycles. The van der Waals surface area contributed by atoms with Gasteiger partial charge in [-0.2, -0.15) is 0 Å². The SMILES string of the molecule is O=C(NOCC(O)CO)C1=C2CCCN2CC=C1. The van der Waals surface area contributed by atoms with Crippen molar-refractivity contribution in [2.75, 3.05) is 26.3 Å². The number of aliphatic hydroxyl groups excluding tert-OH is 2. The molecular formula is C12H18N2O4. The van der Waals surface area contributed by atoms with Crippen molar-refractivity contribution >= 4 is 5.91 Å². The van der Waals surface area contributed by atoms with Gasteiger partial charge in [0.25, 0.3) is 5.91 Å². The van der Waals surface area contributed by atoms with Crippen molar-refractivity contribution in [3.8, 4) is 0 Å². The maximum atomic E-state index is 11.9. The van der Waals surface area contributed by atoms with Gasteiger partial charge in [-0.1, -0.05) is 6.08 Å². The molecule has 3 N–H and O–H groups in total. The van der Waals surface area contributed by atoms with Crippen LogP contribution in [0.15, 0.2) is 23.4 Å². The molecule has 0 radical (unpaired) electrons. The maximum Gasteiger partial charge on any atom is 0.276 e. The van der Waals surface area contributed by atoms with Gasteiger partial charge in [-0.3, -0.25) is 9.63 Å². The van der Waals surface area contributed by atoms with Crippen molar-refractivity contribution in [1.29, 1.82) is 0 Å².